The molecule has 1 unspecified atom stereocenters. The highest BCUT2D eigenvalue weighted by atomic mass is 16.5. The van der Waals surface area contributed by atoms with Crippen molar-refractivity contribution in [2.24, 2.45) is 0 Å². The highest BCUT2D eigenvalue weighted by Crippen LogP contribution is 2.18. The first-order chi connectivity index (χ1) is 9.70. The van der Waals surface area contributed by atoms with E-state index in [1.807, 2.05) is 25.2 Å². The third-order valence-corrected chi connectivity index (χ3v) is 3.54. The quantitative estimate of drug-likeness (QED) is 0.806. The van der Waals surface area contributed by atoms with Gasteiger partial charge >= 0.3 is 0 Å². The SMILES string of the molecule is C=CCOc1ccccc1CNC1CCC(=O)N(C)C1. The third-order valence-electron chi connectivity index (χ3n) is 3.54. The van der Waals surface area contributed by atoms with Crippen molar-refractivity contribution in [3.63, 3.8) is 0 Å². The van der Waals surface area contributed by atoms with Gasteiger partial charge in [-0.25, -0.2) is 0 Å². The minimum absolute atomic E-state index is 0.234. The number of hydrogen-bond donors (Lipinski definition) is 1. The van der Waals surface area contributed by atoms with E-state index < -0.39 is 0 Å². The van der Waals surface area contributed by atoms with Crippen LogP contribution in [0.25, 0.3) is 0 Å². The van der Waals surface area contributed by atoms with Crippen molar-refractivity contribution in [1.29, 1.82) is 0 Å². The molecule has 4 heteroatoms. The van der Waals surface area contributed by atoms with Crippen LogP contribution in [0.15, 0.2) is 36.9 Å². The van der Waals surface area contributed by atoms with Gasteiger partial charge in [-0.1, -0.05) is 30.9 Å². The molecule has 1 aromatic rings. The number of likely N-dealkylation sites (tertiary alicyclic amines) is 1. The van der Waals surface area contributed by atoms with Crippen molar-refractivity contribution in [3.05, 3.63) is 42.5 Å². The van der Waals surface area contributed by atoms with Gasteiger partial charge in [0.05, 0.1) is 0 Å². The summed E-state index contributed by atoms with van der Waals surface area (Å²) in [5.41, 5.74) is 1.13. The molecular formula is C16H22N2O2. The van der Waals surface area contributed by atoms with Crippen LogP contribution in [0, 0.1) is 0 Å². The van der Waals surface area contributed by atoms with Gasteiger partial charge < -0.3 is 15.0 Å². The van der Waals surface area contributed by atoms with Gasteiger partial charge in [0.25, 0.3) is 0 Å². The second-order valence-corrected chi connectivity index (χ2v) is 5.10. The lowest BCUT2D eigenvalue weighted by Gasteiger charge is -2.30. The molecule has 1 aromatic carbocycles. The summed E-state index contributed by atoms with van der Waals surface area (Å²) in [6.07, 6.45) is 3.27. The Morgan fingerprint density at radius 2 is 2.30 bits per heavy atom. The molecule has 1 N–H and O–H groups in total. The Kier molecular flexibility index (Phi) is 5.18. The number of nitrogens with zero attached hydrogens (tertiary/aromatic N) is 1. The molecule has 0 aromatic heterocycles. The highest BCUT2D eigenvalue weighted by molar-refractivity contribution is 5.76. The molecule has 1 aliphatic heterocycles. The van der Waals surface area contributed by atoms with E-state index in [2.05, 4.69) is 18.0 Å². The van der Waals surface area contributed by atoms with Crippen molar-refractivity contribution < 1.29 is 9.53 Å². The van der Waals surface area contributed by atoms with Crippen molar-refractivity contribution in [1.82, 2.24) is 10.2 Å². The van der Waals surface area contributed by atoms with Gasteiger partial charge in [0.15, 0.2) is 0 Å². The Morgan fingerprint density at radius 3 is 3.05 bits per heavy atom. The van der Waals surface area contributed by atoms with Gasteiger partial charge in [-0.3, -0.25) is 4.79 Å². The molecule has 0 saturated carbocycles. The summed E-state index contributed by atoms with van der Waals surface area (Å²) in [6.45, 7) is 5.70. The summed E-state index contributed by atoms with van der Waals surface area (Å²) < 4.78 is 5.64. The first kappa shape index (κ1) is 14.6. The fourth-order valence-electron chi connectivity index (χ4n) is 2.37. The molecule has 1 amide bonds. The minimum Gasteiger partial charge on any atom is -0.489 e. The summed E-state index contributed by atoms with van der Waals surface area (Å²) in [6, 6.07) is 8.36. The van der Waals surface area contributed by atoms with Crippen LogP contribution in [-0.2, 0) is 11.3 Å². The molecule has 1 atom stereocenters. The van der Waals surface area contributed by atoms with E-state index in [1.165, 1.54) is 0 Å². The predicted molar refractivity (Wildman–Crippen MR) is 79.6 cm³/mol. The topological polar surface area (TPSA) is 41.6 Å². The van der Waals surface area contributed by atoms with Crippen LogP contribution in [0.1, 0.15) is 18.4 Å². The molecule has 1 saturated heterocycles. The average molecular weight is 274 g/mol. The number of hydrogen-bond acceptors (Lipinski definition) is 3. The smallest absolute Gasteiger partial charge is 0.222 e. The third kappa shape index (κ3) is 3.84. The first-order valence-corrected chi connectivity index (χ1v) is 6.99. The van der Waals surface area contributed by atoms with Crippen molar-refractivity contribution in [2.75, 3.05) is 20.2 Å². The summed E-state index contributed by atoms with van der Waals surface area (Å²) in [4.78, 5) is 13.2. The lowest BCUT2D eigenvalue weighted by atomic mass is 10.1. The van der Waals surface area contributed by atoms with Crippen molar-refractivity contribution >= 4 is 5.91 Å². The first-order valence-electron chi connectivity index (χ1n) is 6.99. The fourth-order valence-corrected chi connectivity index (χ4v) is 2.37. The number of piperidine rings is 1. The Morgan fingerprint density at radius 1 is 1.50 bits per heavy atom. The summed E-state index contributed by atoms with van der Waals surface area (Å²) in [5, 5.41) is 3.51. The summed E-state index contributed by atoms with van der Waals surface area (Å²) in [7, 11) is 1.86. The highest BCUT2D eigenvalue weighted by Gasteiger charge is 2.22. The maximum absolute atomic E-state index is 11.5. The van der Waals surface area contributed by atoms with E-state index in [0.29, 0.717) is 19.1 Å². The molecular weight excluding hydrogens is 252 g/mol. The molecule has 4 nitrogen and oxygen atoms in total. The largest absolute Gasteiger partial charge is 0.489 e. The molecule has 0 aliphatic carbocycles. The molecule has 0 radical (unpaired) electrons. The maximum atomic E-state index is 11.5. The number of para-hydroxylation sites is 1. The summed E-state index contributed by atoms with van der Waals surface area (Å²) in [5.74, 6) is 1.12. The van der Waals surface area contributed by atoms with Crippen molar-refractivity contribution in [3.8, 4) is 5.75 Å². The van der Waals surface area contributed by atoms with Crippen LogP contribution in [0.5, 0.6) is 5.75 Å². The van der Waals surface area contributed by atoms with Crippen LogP contribution < -0.4 is 10.1 Å². The van der Waals surface area contributed by atoms with Crippen LogP contribution in [-0.4, -0.2) is 37.0 Å². The monoisotopic (exact) mass is 274 g/mol. The molecule has 20 heavy (non-hydrogen) atoms. The Labute approximate surface area is 120 Å². The lowest BCUT2D eigenvalue weighted by molar-refractivity contribution is -0.132. The second kappa shape index (κ2) is 7.10. The molecule has 1 aliphatic rings. The predicted octanol–water partition coefficient (Wildman–Crippen LogP) is 1.96. The molecule has 0 spiro atoms. The number of ether oxygens (including phenoxy) is 1. The van der Waals surface area contributed by atoms with Crippen LogP contribution >= 0.6 is 0 Å². The second-order valence-electron chi connectivity index (χ2n) is 5.10. The van der Waals surface area contributed by atoms with E-state index in [-0.39, 0.29) is 5.91 Å². The zero-order valence-electron chi connectivity index (χ0n) is 12.0. The van der Waals surface area contributed by atoms with E-state index >= 15 is 0 Å². The van der Waals surface area contributed by atoms with Crippen LogP contribution in [0.2, 0.25) is 0 Å². The lowest BCUT2D eigenvalue weighted by Crippen LogP contribution is -2.46. The average Bonchev–Trinajstić information content (AvgIpc) is 2.47. The zero-order valence-corrected chi connectivity index (χ0v) is 12.0. The van der Waals surface area contributed by atoms with Gasteiger partial charge in [0.2, 0.25) is 5.91 Å². The number of carbonyl (C=O) groups is 1. The van der Waals surface area contributed by atoms with E-state index in [0.717, 1.165) is 30.8 Å². The van der Waals surface area contributed by atoms with Crippen molar-refractivity contribution in [2.45, 2.75) is 25.4 Å². The fraction of sp³-hybridized carbons (Fsp3) is 0.438. The zero-order chi connectivity index (χ0) is 14.4. The van der Waals surface area contributed by atoms with E-state index in [4.69, 9.17) is 4.74 Å². The molecule has 108 valence electrons. The Bertz CT molecular complexity index is 473. The van der Waals surface area contributed by atoms with Gasteiger partial charge in [0.1, 0.15) is 12.4 Å². The van der Waals surface area contributed by atoms with E-state index in [1.54, 1.807) is 11.0 Å². The van der Waals surface area contributed by atoms with Gasteiger partial charge in [-0.05, 0) is 12.5 Å². The number of benzene rings is 1. The van der Waals surface area contributed by atoms with Crippen LogP contribution in [0.3, 0.4) is 0 Å². The number of amides is 1. The van der Waals surface area contributed by atoms with Gasteiger partial charge in [0, 0.05) is 38.2 Å². The molecule has 0 bridgehead atoms. The van der Waals surface area contributed by atoms with E-state index in [9.17, 15) is 4.79 Å². The normalized spacial score (nSPS) is 18.9. The Balaban J connectivity index is 1.90. The molecule has 1 fully saturated rings. The number of carbonyl (C=O) groups excluding carboxylic acids is 1. The summed E-state index contributed by atoms with van der Waals surface area (Å²) >= 11 is 0. The number of nitrogens with one attached hydrogen (secondary N) is 1. The number of rotatable bonds is 6. The number of likely N-dealkylation sites (N-methyl/N-ethyl adjacent to an activating group) is 1. The minimum atomic E-state index is 0.234. The molecule has 2 rings (SSSR count). The van der Waals surface area contributed by atoms with Crippen LogP contribution in [0.4, 0.5) is 0 Å². The standard InChI is InChI=1S/C16H22N2O2/c1-3-10-20-15-7-5-4-6-13(15)11-17-14-8-9-16(19)18(2)12-14/h3-7,14,17H,1,8-12H2,2H3. The molecule has 1 heterocycles. The maximum Gasteiger partial charge on any atom is 0.222 e. The Hall–Kier alpha value is -1.81. The van der Waals surface area contributed by atoms with Gasteiger partial charge in [-0.15, -0.1) is 0 Å². The van der Waals surface area contributed by atoms with Gasteiger partial charge in [-0.2, -0.15) is 0 Å².